The lowest BCUT2D eigenvalue weighted by molar-refractivity contribution is 0.133. The molecule has 0 saturated carbocycles. The van der Waals surface area contributed by atoms with Gasteiger partial charge in [-0.1, -0.05) is 12.1 Å². The molecule has 1 aromatic rings. The van der Waals surface area contributed by atoms with Gasteiger partial charge in [0.15, 0.2) is 0 Å². The van der Waals surface area contributed by atoms with Gasteiger partial charge in [-0.25, -0.2) is 0 Å². The van der Waals surface area contributed by atoms with Gasteiger partial charge in [0.25, 0.3) is 0 Å². The van der Waals surface area contributed by atoms with Crippen LogP contribution in [0.4, 0.5) is 0 Å². The molecule has 3 nitrogen and oxygen atoms in total. The fourth-order valence-corrected chi connectivity index (χ4v) is 3.14. The highest BCUT2D eigenvalue weighted by atomic mass is 16.3. The van der Waals surface area contributed by atoms with Crippen LogP contribution in [0.15, 0.2) is 24.3 Å². The Morgan fingerprint density at radius 1 is 1.25 bits per heavy atom. The summed E-state index contributed by atoms with van der Waals surface area (Å²) in [5, 5.41) is 9.29. The quantitative estimate of drug-likeness (QED) is 0.840. The van der Waals surface area contributed by atoms with E-state index in [0.29, 0.717) is 11.8 Å². The molecular weight excluding hydrogens is 248 g/mol. The van der Waals surface area contributed by atoms with Crippen LogP contribution in [0.2, 0.25) is 0 Å². The average molecular weight is 276 g/mol. The van der Waals surface area contributed by atoms with E-state index in [4.69, 9.17) is 5.73 Å². The number of benzene rings is 1. The zero-order valence-electron chi connectivity index (χ0n) is 12.6. The number of piperidine rings is 1. The van der Waals surface area contributed by atoms with Gasteiger partial charge in [0.05, 0.1) is 0 Å². The molecule has 1 fully saturated rings. The van der Waals surface area contributed by atoms with Crippen molar-refractivity contribution in [2.24, 2.45) is 11.7 Å². The molecule has 1 aliphatic rings. The van der Waals surface area contributed by atoms with Crippen LogP contribution in [0, 0.1) is 5.92 Å². The largest absolute Gasteiger partial charge is 0.508 e. The number of nitrogens with zero attached hydrogens (tertiary/aromatic N) is 1. The van der Waals surface area contributed by atoms with E-state index in [1.807, 2.05) is 12.1 Å². The van der Waals surface area contributed by atoms with Gasteiger partial charge >= 0.3 is 0 Å². The van der Waals surface area contributed by atoms with Gasteiger partial charge in [0.1, 0.15) is 5.75 Å². The summed E-state index contributed by atoms with van der Waals surface area (Å²) in [5.41, 5.74) is 6.96. The van der Waals surface area contributed by atoms with Crippen molar-refractivity contribution in [3.63, 3.8) is 0 Å². The molecule has 2 rings (SSSR count). The summed E-state index contributed by atoms with van der Waals surface area (Å²) in [6.07, 6.45) is 6.08. The van der Waals surface area contributed by atoms with E-state index in [1.165, 1.54) is 44.3 Å². The van der Waals surface area contributed by atoms with Crippen LogP contribution in [0.3, 0.4) is 0 Å². The number of aromatic hydroxyl groups is 1. The van der Waals surface area contributed by atoms with Gasteiger partial charge in [0.2, 0.25) is 0 Å². The molecule has 112 valence electrons. The number of phenolic OH excluding ortho intramolecular Hbond substituents is 1. The lowest BCUT2D eigenvalue weighted by Crippen LogP contribution is -2.40. The van der Waals surface area contributed by atoms with Gasteiger partial charge in [0, 0.05) is 6.04 Å². The number of hydrogen-bond acceptors (Lipinski definition) is 3. The summed E-state index contributed by atoms with van der Waals surface area (Å²) in [6, 6.07) is 8.24. The maximum atomic E-state index is 9.29. The summed E-state index contributed by atoms with van der Waals surface area (Å²) >= 11 is 0. The van der Waals surface area contributed by atoms with E-state index in [9.17, 15) is 5.11 Å². The Hall–Kier alpha value is -1.06. The molecule has 20 heavy (non-hydrogen) atoms. The first-order valence-corrected chi connectivity index (χ1v) is 7.91. The molecule has 0 bridgehead atoms. The number of hydrogen-bond donors (Lipinski definition) is 2. The zero-order chi connectivity index (χ0) is 14.4. The van der Waals surface area contributed by atoms with Crippen molar-refractivity contribution in [3.05, 3.63) is 29.8 Å². The second kappa shape index (κ2) is 7.65. The molecule has 3 heteroatoms. The molecule has 0 amide bonds. The molecule has 3 N–H and O–H groups in total. The fraction of sp³-hybridized carbons (Fsp3) is 0.647. The molecule has 0 spiro atoms. The maximum Gasteiger partial charge on any atom is 0.115 e. The number of rotatable bonds is 6. The molecule has 1 unspecified atom stereocenters. The van der Waals surface area contributed by atoms with Gasteiger partial charge in [-0.3, -0.25) is 0 Å². The van der Waals surface area contributed by atoms with Crippen LogP contribution in [-0.2, 0) is 6.42 Å². The van der Waals surface area contributed by atoms with Crippen molar-refractivity contribution in [2.45, 2.75) is 45.1 Å². The lowest BCUT2D eigenvalue weighted by atomic mass is 9.92. The third kappa shape index (κ3) is 4.50. The highest BCUT2D eigenvalue weighted by Crippen LogP contribution is 2.23. The number of phenols is 1. The fourth-order valence-electron chi connectivity index (χ4n) is 3.14. The van der Waals surface area contributed by atoms with Crippen LogP contribution >= 0.6 is 0 Å². The standard InChI is InChI=1S/C17H28N2O/c1-14(2-3-15-4-6-17(20)7-5-15)19-12-9-16(8-11-18)10-13-19/h4-7,14,16,20H,2-3,8-13,18H2,1H3. The molecule has 1 heterocycles. The smallest absolute Gasteiger partial charge is 0.115 e. The molecule has 0 radical (unpaired) electrons. The minimum absolute atomic E-state index is 0.351. The monoisotopic (exact) mass is 276 g/mol. The van der Waals surface area contributed by atoms with Gasteiger partial charge in [-0.05, 0) is 82.3 Å². The topological polar surface area (TPSA) is 49.5 Å². The van der Waals surface area contributed by atoms with Crippen LogP contribution in [0.5, 0.6) is 5.75 Å². The van der Waals surface area contributed by atoms with Gasteiger partial charge in [-0.2, -0.15) is 0 Å². The van der Waals surface area contributed by atoms with Crippen molar-refractivity contribution in [2.75, 3.05) is 19.6 Å². The second-order valence-electron chi connectivity index (χ2n) is 6.11. The number of likely N-dealkylation sites (tertiary alicyclic amines) is 1. The molecule has 1 atom stereocenters. The molecule has 1 aliphatic heterocycles. The Labute approximate surface area is 122 Å². The Kier molecular flexibility index (Phi) is 5.86. The molecule has 0 aliphatic carbocycles. The van der Waals surface area contributed by atoms with E-state index in [2.05, 4.69) is 11.8 Å². The first kappa shape index (κ1) is 15.3. The second-order valence-corrected chi connectivity index (χ2v) is 6.11. The summed E-state index contributed by atoms with van der Waals surface area (Å²) in [6.45, 7) is 5.62. The molecular formula is C17H28N2O. The third-order valence-corrected chi connectivity index (χ3v) is 4.63. The molecule has 1 saturated heterocycles. The van der Waals surface area contributed by atoms with Crippen LogP contribution in [-0.4, -0.2) is 35.7 Å². The number of nitrogens with two attached hydrogens (primary N) is 1. The van der Waals surface area contributed by atoms with E-state index in [0.717, 1.165) is 18.9 Å². The minimum atomic E-state index is 0.351. The predicted octanol–water partition coefficient (Wildman–Crippen LogP) is 2.77. The first-order chi connectivity index (χ1) is 9.69. The van der Waals surface area contributed by atoms with Gasteiger partial charge < -0.3 is 15.7 Å². The Morgan fingerprint density at radius 2 is 1.90 bits per heavy atom. The maximum absolute atomic E-state index is 9.29. The van der Waals surface area contributed by atoms with Crippen molar-refractivity contribution >= 4 is 0 Å². The zero-order valence-corrected chi connectivity index (χ0v) is 12.6. The minimum Gasteiger partial charge on any atom is -0.508 e. The molecule has 0 aromatic heterocycles. The Morgan fingerprint density at radius 3 is 2.50 bits per heavy atom. The summed E-state index contributed by atoms with van der Waals surface area (Å²) in [4.78, 5) is 2.62. The molecule has 1 aromatic carbocycles. The summed E-state index contributed by atoms with van der Waals surface area (Å²) < 4.78 is 0. The van der Waals surface area contributed by atoms with E-state index < -0.39 is 0 Å². The van der Waals surface area contributed by atoms with E-state index in [1.54, 1.807) is 12.1 Å². The van der Waals surface area contributed by atoms with Crippen LogP contribution in [0.1, 0.15) is 38.2 Å². The first-order valence-electron chi connectivity index (χ1n) is 7.91. The van der Waals surface area contributed by atoms with E-state index in [-0.39, 0.29) is 0 Å². The third-order valence-electron chi connectivity index (χ3n) is 4.63. The van der Waals surface area contributed by atoms with Crippen molar-refractivity contribution in [1.82, 2.24) is 4.90 Å². The van der Waals surface area contributed by atoms with Crippen molar-refractivity contribution < 1.29 is 5.11 Å². The Balaban J connectivity index is 1.72. The summed E-state index contributed by atoms with van der Waals surface area (Å²) in [7, 11) is 0. The van der Waals surface area contributed by atoms with Crippen molar-refractivity contribution in [1.29, 1.82) is 0 Å². The van der Waals surface area contributed by atoms with E-state index >= 15 is 0 Å². The van der Waals surface area contributed by atoms with Crippen molar-refractivity contribution in [3.8, 4) is 5.75 Å². The summed E-state index contributed by atoms with van der Waals surface area (Å²) in [5.74, 6) is 1.20. The normalized spacial score (nSPS) is 19.1. The SMILES string of the molecule is CC(CCc1ccc(O)cc1)N1CCC(CCN)CC1. The van der Waals surface area contributed by atoms with Crippen LogP contribution in [0.25, 0.3) is 0 Å². The Bertz CT molecular complexity index is 382. The highest BCUT2D eigenvalue weighted by molar-refractivity contribution is 5.25. The predicted molar refractivity (Wildman–Crippen MR) is 83.9 cm³/mol. The number of aryl methyl sites for hydroxylation is 1. The van der Waals surface area contributed by atoms with Crippen LogP contribution < -0.4 is 5.73 Å². The lowest BCUT2D eigenvalue weighted by Gasteiger charge is -2.36. The van der Waals surface area contributed by atoms with Gasteiger partial charge in [-0.15, -0.1) is 0 Å². The highest BCUT2D eigenvalue weighted by Gasteiger charge is 2.21. The average Bonchev–Trinajstić information content (AvgIpc) is 2.47.